The van der Waals surface area contributed by atoms with Gasteiger partial charge in [0.25, 0.3) is 0 Å². The lowest BCUT2D eigenvalue weighted by atomic mass is 10.00. The maximum Gasteiger partial charge on any atom is 0.328 e. The van der Waals surface area contributed by atoms with Crippen LogP contribution in [0.1, 0.15) is 11.1 Å². The molecule has 0 radical (unpaired) electrons. The number of hydrogen-bond donors (Lipinski definition) is 0. The summed E-state index contributed by atoms with van der Waals surface area (Å²) in [7, 11) is 0. The van der Waals surface area contributed by atoms with Crippen LogP contribution in [0.15, 0.2) is 96.1 Å². The Kier molecular flexibility index (Phi) is 5.88. The van der Waals surface area contributed by atoms with E-state index in [1.807, 2.05) is 48.5 Å². The fourth-order valence-corrected chi connectivity index (χ4v) is 5.04. The molecule has 1 fully saturated rings. The Labute approximate surface area is 213 Å². The van der Waals surface area contributed by atoms with Gasteiger partial charge < -0.3 is 9.80 Å². The number of benzene rings is 3. The molecule has 0 unspecified atom stereocenters. The van der Waals surface area contributed by atoms with Gasteiger partial charge in [0, 0.05) is 61.6 Å². The highest BCUT2D eigenvalue weighted by Gasteiger charge is 2.26. The van der Waals surface area contributed by atoms with Crippen LogP contribution in [0, 0.1) is 5.82 Å². The topological polar surface area (TPSA) is 58.4 Å². The van der Waals surface area contributed by atoms with Gasteiger partial charge in [-0.25, -0.2) is 9.18 Å². The highest BCUT2D eigenvalue weighted by atomic mass is 19.1. The van der Waals surface area contributed by atoms with E-state index in [4.69, 9.17) is 0 Å². The number of fused-ring (bicyclic) bond motifs is 3. The van der Waals surface area contributed by atoms with Crippen LogP contribution in [0.3, 0.4) is 0 Å². The second-order valence-electron chi connectivity index (χ2n) is 9.29. The Morgan fingerprint density at radius 2 is 1.59 bits per heavy atom. The number of carbonyl (C=O) groups is 1. The van der Waals surface area contributed by atoms with Crippen molar-refractivity contribution < 1.29 is 9.18 Å². The summed E-state index contributed by atoms with van der Waals surface area (Å²) < 4.78 is 15.8. The molecule has 1 amide bonds. The van der Waals surface area contributed by atoms with Gasteiger partial charge >= 0.3 is 6.03 Å². The summed E-state index contributed by atoms with van der Waals surface area (Å²) in [5.41, 5.74) is 3.68. The molecular weight excluding hydrogens is 467 g/mol. The first kappa shape index (κ1) is 22.9. The molecule has 0 atom stereocenters. The van der Waals surface area contributed by atoms with E-state index < -0.39 is 5.82 Å². The first-order chi connectivity index (χ1) is 18.1. The average molecular weight is 493 g/mol. The minimum Gasteiger partial charge on any atom is -0.368 e. The quantitative estimate of drug-likeness (QED) is 0.332. The third kappa shape index (κ3) is 4.33. The summed E-state index contributed by atoms with van der Waals surface area (Å²) >= 11 is 0. The van der Waals surface area contributed by atoms with Crippen LogP contribution in [0.25, 0.3) is 22.2 Å². The van der Waals surface area contributed by atoms with E-state index in [9.17, 15) is 14.0 Å². The van der Waals surface area contributed by atoms with Crippen molar-refractivity contribution in [3.05, 3.63) is 118 Å². The first-order valence-corrected chi connectivity index (χ1v) is 12.3. The summed E-state index contributed by atoms with van der Waals surface area (Å²) in [6, 6.07) is 23.8. The third-order valence-corrected chi connectivity index (χ3v) is 6.99. The molecule has 0 aromatic heterocycles. The van der Waals surface area contributed by atoms with E-state index in [1.165, 1.54) is 16.7 Å². The van der Waals surface area contributed by atoms with Crippen molar-refractivity contribution >= 4 is 22.6 Å². The lowest BCUT2D eigenvalue weighted by Gasteiger charge is -2.36. The van der Waals surface area contributed by atoms with Crippen LogP contribution >= 0.6 is 0 Å². The molecule has 0 N–H and O–H groups in total. The zero-order valence-corrected chi connectivity index (χ0v) is 20.2. The lowest BCUT2D eigenvalue weighted by molar-refractivity contribution is 0.197. The Balaban J connectivity index is 1.38. The molecule has 3 aliphatic rings. The van der Waals surface area contributed by atoms with Crippen molar-refractivity contribution in [2.75, 3.05) is 31.1 Å². The number of para-hydroxylation sites is 1. The van der Waals surface area contributed by atoms with Gasteiger partial charge in [-0.2, -0.15) is 0 Å². The molecular formula is C30H25FN4O2. The van der Waals surface area contributed by atoms with Gasteiger partial charge in [-0.3, -0.25) is 14.3 Å². The molecule has 184 valence electrons. The highest BCUT2D eigenvalue weighted by molar-refractivity contribution is 5.99. The molecule has 3 heterocycles. The number of halogens is 1. The van der Waals surface area contributed by atoms with Crippen LogP contribution in [0.4, 0.5) is 14.9 Å². The average Bonchev–Trinajstić information content (AvgIpc) is 2.95. The SMILES string of the molecule is O=C(N1CCN(c2ccccc2)CC1)n1cc2c(=O)c(Cc3ccccc3)cnc-2c2cc(F)ccc21. The summed E-state index contributed by atoms with van der Waals surface area (Å²) in [6.45, 7) is 2.48. The van der Waals surface area contributed by atoms with E-state index in [-0.39, 0.29) is 11.5 Å². The number of aromatic nitrogens is 2. The van der Waals surface area contributed by atoms with Crippen molar-refractivity contribution in [3.63, 3.8) is 0 Å². The van der Waals surface area contributed by atoms with Crippen LogP contribution in [0.5, 0.6) is 0 Å². The Bertz CT molecular complexity index is 1610. The molecule has 3 aromatic rings. The van der Waals surface area contributed by atoms with Gasteiger partial charge in [0.05, 0.1) is 16.8 Å². The maximum atomic E-state index is 14.3. The van der Waals surface area contributed by atoms with Crippen molar-refractivity contribution in [2.24, 2.45) is 0 Å². The van der Waals surface area contributed by atoms with Gasteiger partial charge in [-0.05, 0) is 35.9 Å². The van der Waals surface area contributed by atoms with Crippen molar-refractivity contribution in [1.82, 2.24) is 14.5 Å². The summed E-state index contributed by atoms with van der Waals surface area (Å²) in [5, 5.41) is 0.442. The Hall–Kier alpha value is -4.52. The molecule has 0 saturated carbocycles. The van der Waals surface area contributed by atoms with E-state index in [2.05, 4.69) is 22.0 Å². The van der Waals surface area contributed by atoms with Crippen LogP contribution in [-0.2, 0) is 6.42 Å². The molecule has 0 aliphatic carbocycles. The predicted octanol–water partition coefficient (Wildman–Crippen LogP) is 5.02. The van der Waals surface area contributed by atoms with Crippen molar-refractivity contribution in [2.45, 2.75) is 6.42 Å². The van der Waals surface area contributed by atoms with Crippen LogP contribution in [0.2, 0.25) is 0 Å². The normalized spacial score (nSPS) is 13.9. The van der Waals surface area contributed by atoms with Gasteiger partial charge in [0.15, 0.2) is 5.43 Å². The third-order valence-electron chi connectivity index (χ3n) is 6.99. The standard InChI is InChI=1S/C30H25FN4O2/c31-23-11-12-27-25(18-23)28-26(29(36)22(19-32-28)17-21-7-3-1-4-8-21)20-35(27)30(37)34-15-13-33(14-16-34)24-9-5-2-6-10-24/h1-12,18-20H,13-17H2. The number of hydrogen-bond acceptors (Lipinski definition) is 4. The van der Waals surface area contributed by atoms with E-state index in [0.29, 0.717) is 60.3 Å². The Morgan fingerprint density at radius 3 is 2.32 bits per heavy atom. The number of pyridine rings is 2. The van der Waals surface area contributed by atoms with Gasteiger partial charge in [0.1, 0.15) is 5.82 Å². The van der Waals surface area contributed by atoms with Gasteiger partial charge in [-0.1, -0.05) is 48.5 Å². The number of carbonyl (C=O) groups excluding carboxylic acids is 1. The minimum absolute atomic E-state index is 0.199. The molecule has 3 aliphatic heterocycles. The van der Waals surface area contributed by atoms with Crippen molar-refractivity contribution in [1.29, 1.82) is 0 Å². The monoisotopic (exact) mass is 492 g/mol. The zero-order valence-electron chi connectivity index (χ0n) is 20.2. The number of rotatable bonds is 3. The molecule has 1 saturated heterocycles. The second-order valence-corrected chi connectivity index (χ2v) is 9.29. The summed E-state index contributed by atoms with van der Waals surface area (Å²) in [4.78, 5) is 35.8. The maximum absolute atomic E-state index is 14.3. The minimum atomic E-state index is -0.446. The number of nitrogens with zero attached hydrogens (tertiary/aromatic N) is 4. The number of piperazine rings is 1. The lowest BCUT2D eigenvalue weighted by Crippen LogP contribution is -2.50. The molecule has 3 aromatic carbocycles. The fourth-order valence-electron chi connectivity index (χ4n) is 5.04. The molecule has 0 bridgehead atoms. The number of amides is 1. The molecule has 37 heavy (non-hydrogen) atoms. The fraction of sp³-hybridized carbons (Fsp3) is 0.167. The Morgan fingerprint density at radius 1 is 0.892 bits per heavy atom. The molecule has 6 rings (SSSR count). The van der Waals surface area contributed by atoms with Crippen LogP contribution < -0.4 is 10.3 Å². The molecule has 0 spiro atoms. The highest BCUT2D eigenvalue weighted by Crippen LogP contribution is 2.29. The summed E-state index contributed by atoms with van der Waals surface area (Å²) in [6.07, 6.45) is 3.57. The largest absolute Gasteiger partial charge is 0.368 e. The second kappa shape index (κ2) is 9.50. The van der Waals surface area contributed by atoms with E-state index in [0.717, 1.165) is 11.3 Å². The molecule has 6 nitrogen and oxygen atoms in total. The van der Waals surface area contributed by atoms with E-state index in [1.54, 1.807) is 23.4 Å². The smallest absolute Gasteiger partial charge is 0.328 e. The van der Waals surface area contributed by atoms with Crippen molar-refractivity contribution in [3.8, 4) is 11.3 Å². The van der Waals surface area contributed by atoms with Gasteiger partial charge in [0.2, 0.25) is 0 Å². The van der Waals surface area contributed by atoms with Crippen LogP contribution in [-0.4, -0.2) is 46.7 Å². The van der Waals surface area contributed by atoms with Gasteiger partial charge in [-0.15, -0.1) is 0 Å². The zero-order chi connectivity index (χ0) is 25.4. The summed E-state index contributed by atoms with van der Waals surface area (Å²) in [5.74, 6) is -0.446. The predicted molar refractivity (Wildman–Crippen MR) is 143 cm³/mol. The number of anilines is 1. The first-order valence-electron chi connectivity index (χ1n) is 12.3. The molecule has 7 heteroatoms. The van der Waals surface area contributed by atoms with E-state index >= 15 is 0 Å².